The predicted molar refractivity (Wildman–Crippen MR) is 96.2 cm³/mol. The molecular weight excluding hydrogens is 342 g/mol. The van der Waals surface area contributed by atoms with Crippen LogP contribution in [0.1, 0.15) is 24.4 Å². The highest BCUT2D eigenvalue weighted by atomic mass is 35.5. The molecule has 0 unspecified atom stereocenters. The van der Waals surface area contributed by atoms with E-state index in [1.54, 1.807) is 31.2 Å². The van der Waals surface area contributed by atoms with Gasteiger partial charge in [0.05, 0.1) is 21.6 Å². The Labute approximate surface area is 148 Å². The fraction of sp³-hybridized carbons (Fsp3) is 0.167. The van der Waals surface area contributed by atoms with E-state index >= 15 is 0 Å². The third-order valence-electron chi connectivity index (χ3n) is 3.79. The van der Waals surface area contributed by atoms with Crippen molar-refractivity contribution >= 4 is 28.6 Å². The van der Waals surface area contributed by atoms with Crippen molar-refractivity contribution in [2.45, 2.75) is 20.0 Å². The first-order chi connectivity index (χ1) is 11.9. The van der Waals surface area contributed by atoms with Gasteiger partial charge in [-0.15, -0.1) is 0 Å². The van der Waals surface area contributed by atoms with E-state index in [4.69, 9.17) is 22.1 Å². The van der Waals surface area contributed by atoms with Gasteiger partial charge in [-0.05, 0) is 43.7 Å². The molecule has 0 radical (unpaired) electrons. The number of nitrogens with two attached hydrogens (primary N) is 1. The number of halogens is 1. The lowest BCUT2D eigenvalue weighted by Crippen LogP contribution is -2.27. The van der Waals surface area contributed by atoms with Crippen molar-refractivity contribution in [1.82, 2.24) is 9.55 Å². The summed E-state index contributed by atoms with van der Waals surface area (Å²) in [6.07, 6.45) is -1.75. The van der Waals surface area contributed by atoms with E-state index in [9.17, 15) is 9.59 Å². The van der Waals surface area contributed by atoms with Crippen LogP contribution in [0.25, 0.3) is 16.6 Å². The van der Waals surface area contributed by atoms with Crippen LogP contribution >= 0.6 is 11.6 Å². The van der Waals surface area contributed by atoms with Gasteiger partial charge in [-0.2, -0.15) is 0 Å². The summed E-state index contributed by atoms with van der Waals surface area (Å²) in [6.45, 7) is 3.52. The number of hydrogen-bond donors (Lipinski definition) is 1. The average Bonchev–Trinajstić information content (AvgIpc) is 2.53. The lowest BCUT2D eigenvalue weighted by Gasteiger charge is -2.18. The zero-order chi connectivity index (χ0) is 18.1. The molecule has 0 fully saturated rings. The molecular formula is C18H16ClN3O3. The maximum absolute atomic E-state index is 13.1. The second-order valence-corrected chi connectivity index (χ2v) is 6.07. The standard InChI is InChI=1S/C18H16ClN3O3/c1-10-5-3-6-12(9-10)22-16(11(2)25-18(20)24)21-14-8-4-7-13(19)15(14)17(22)23/h3-9,11H,1-2H3,(H2,20,24)/t11-/m0/s1. The van der Waals surface area contributed by atoms with Crippen LogP contribution in [-0.2, 0) is 4.74 Å². The fourth-order valence-corrected chi connectivity index (χ4v) is 2.97. The summed E-state index contributed by atoms with van der Waals surface area (Å²) in [6, 6.07) is 12.4. The van der Waals surface area contributed by atoms with Gasteiger partial charge >= 0.3 is 6.09 Å². The number of fused-ring (bicyclic) bond motifs is 1. The Morgan fingerprint density at radius 2 is 2.00 bits per heavy atom. The summed E-state index contributed by atoms with van der Waals surface area (Å²) in [5.41, 5.74) is 6.79. The Balaban J connectivity index is 2.38. The van der Waals surface area contributed by atoms with Crippen LogP contribution in [-0.4, -0.2) is 15.6 Å². The van der Waals surface area contributed by atoms with Crippen molar-refractivity contribution in [3.8, 4) is 5.69 Å². The summed E-state index contributed by atoms with van der Waals surface area (Å²) in [4.78, 5) is 28.8. The van der Waals surface area contributed by atoms with E-state index in [0.29, 0.717) is 21.6 Å². The van der Waals surface area contributed by atoms with E-state index in [2.05, 4.69) is 4.98 Å². The van der Waals surface area contributed by atoms with E-state index < -0.39 is 12.2 Å². The number of primary amides is 1. The van der Waals surface area contributed by atoms with Crippen LogP contribution in [0.3, 0.4) is 0 Å². The highest BCUT2D eigenvalue weighted by molar-refractivity contribution is 6.35. The first kappa shape index (κ1) is 17.0. The summed E-state index contributed by atoms with van der Waals surface area (Å²) < 4.78 is 6.44. The Morgan fingerprint density at radius 3 is 2.68 bits per heavy atom. The molecule has 0 saturated heterocycles. The minimum Gasteiger partial charge on any atom is -0.439 e. The molecule has 25 heavy (non-hydrogen) atoms. The van der Waals surface area contributed by atoms with Gasteiger partial charge in [0.1, 0.15) is 0 Å². The number of rotatable bonds is 3. The second-order valence-electron chi connectivity index (χ2n) is 5.66. The lowest BCUT2D eigenvalue weighted by molar-refractivity contribution is 0.110. The number of aryl methyl sites for hydroxylation is 1. The topological polar surface area (TPSA) is 87.2 Å². The molecule has 0 aliphatic carbocycles. The minimum atomic E-state index is -0.941. The predicted octanol–water partition coefficient (Wildman–Crippen LogP) is 3.50. The summed E-state index contributed by atoms with van der Waals surface area (Å²) >= 11 is 6.21. The quantitative estimate of drug-likeness (QED) is 0.777. The molecule has 3 aromatic rings. The lowest BCUT2D eigenvalue weighted by atomic mass is 10.2. The van der Waals surface area contributed by atoms with Gasteiger partial charge in [-0.25, -0.2) is 9.78 Å². The maximum atomic E-state index is 13.1. The molecule has 0 aliphatic rings. The van der Waals surface area contributed by atoms with E-state index in [-0.39, 0.29) is 11.4 Å². The molecule has 0 aliphatic heterocycles. The molecule has 0 spiro atoms. The summed E-state index contributed by atoms with van der Waals surface area (Å²) in [7, 11) is 0. The summed E-state index contributed by atoms with van der Waals surface area (Å²) in [5.74, 6) is 0.268. The number of nitrogens with zero attached hydrogens (tertiary/aromatic N) is 2. The average molecular weight is 358 g/mol. The number of benzene rings is 2. The monoisotopic (exact) mass is 357 g/mol. The number of carbonyl (C=O) groups excluding carboxylic acids is 1. The van der Waals surface area contributed by atoms with Crippen molar-refractivity contribution in [2.75, 3.05) is 0 Å². The van der Waals surface area contributed by atoms with Crippen LogP contribution in [0.5, 0.6) is 0 Å². The molecule has 2 aromatic carbocycles. The SMILES string of the molecule is Cc1cccc(-n2c([C@H](C)OC(N)=O)nc3cccc(Cl)c3c2=O)c1. The van der Waals surface area contributed by atoms with Gasteiger partial charge in [-0.1, -0.05) is 29.8 Å². The molecule has 1 heterocycles. The number of hydrogen-bond acceptors (Lipinski definition) is 4. The number of aromatic nitrogens is 2. The van der Waals surface area contributed by atoms with Crippen molar-refractivity contribution in [2.24, 2.45) is 5.73 Å². The largest absolute Gasteiger partial charge is 0.439 e. The van der Waals surface area contributed by atoms with Gasteiger partial charge in [0, 0.05) is 0 Å². The Bertz CT molecular complexity index is 1030. The zero-order valence-corrected chi connectivity index (χ0v) is 14.4. The van der Waals surface area contributed by atoms with E-state index in [1.807, 2.05) is 25.1 Å². The van der Waals surface area contributed by atoms with E-state index in [1.165, 1.54) is 4.57 Å². The molecule has 1 atom stereocenters. The Hall–Kier alpha value is -2.86. The van der Waals surface area contributed by atoms with Crippen LogP contribution in [0, 0.1) is 6.92 Å². The maximum Gasteiger partial charge on any atom is 0.405 e. The number of ether oxygens (including phenoxy) is 1. The molecule has 0 bridgehead atoms. The van der Waals surface area contributed by atoms with Crippen molar-refractivity contribution in [3.63, 3.8) is 0 Å². The highest BCUT2D eigenvalue weighted by Gasteiger charge is 2.21. The minimum absolute atomic E-state index is 0.268. The third-order valence-corrected chi connectivity index (χ3v) is 4.10. The van der Waals surface area contributed by atoms with Crippen molar-refractivity contribution in [1.29, 1.82) is 0 Å². The Kier molecular flexibility index (Phi) is 4.46. The molecule has 0 saturated carbocycles. The molecule has 7 heteroatoms. The summed E-state index contributed by atoms with van der Waals surface area (Å²) in [5, 5.41) is 0.618. The van der Waals surface area contributed by atoms with Gasteiger partial charge in [0.25, 0.3) is 5.56 Å². The van der Waals surface area contributed by atoms with Crippen LogP contribution in [0.15, 0.2) is 47.3 Å². The van der Waals surface area contributed by atoms with Crippen molar-refractivity contribution in [3.05, 3.63) is 69.2 Å². The first-order valence-corrected chi connectivity index (χ1v) is 8.00. The van der Waals surface area contributed by atoms with Crippen LogP contribution < -0.4 is 11.3 Å². The van der Waals surface area contributed by atoms with E-state index in [0.717, 1.165) is 5.56 Å². The van der Waals surface area contributed by atoms with Crippen molar-refractivity contribution < 1.29 is 9.53 Å². The highest BCUT2D eigenvalue weighted by Crippen LogP contribution is 2.24. The van der Waals surface area contributed by atoms with Gasteiger partial charge in [0.2, 0.25) is 0 Å². The second kappa shape index (κ2) is 6.57. The molecule has 1 amide bonds. The molecule has 2 N–H and O–H groups in total. The molecule has 3 rings (SSSR count). The fourth-order valence-electron chi connectivity index (χ4n) is 2.72. The molecule has 1 aromatic heterocycles. The van der Waals surface area contributed by atoms with Crippen LogP contribution in [0.4, 0.5) is 4.79 Å². The van der Waals surface area contributed by atoms with Gasteiger partial charge in [0.15, 0.2) is 11.9 Å². The van der Waals surface area contributed by atoms with Crippen LogP contribution in [0.2, 0.25) is 5.02 Å². The van der Waals surface area contributed by atoms with Gasteiger partial charge < -0.3 is 10.5 Å². The molecule has 128 valence electrons. The smallest absolute Gasteiger partial charge is 0.405 e. The number of amides is 1. The van der Waals surface area contributed by atoms with Gasteiger partial charge in [-0.3, -0.25) is 9.36 Å². The third kappa shape index (κ3) is 3.21. The number of carbonyl (C=O) groups is 1. The first-order valence-electron chi connectivity index (χ1n) is 7.63. The normalized spacial score (nSPS) is 12.1. The Morgan fingerprint density at radius 1 is 1.28 bits per heavy atom. The zero-order valence-electron chi connectivity index (χ0n) is 13.7. The molecule has 6 nitrogen and oxygen atoms in total.